The third-order valence-electron chi connectivity index (χ3n) is 3.76. The van der Waals surface area contributed by atoms with Gasteiger partial charge in [-0.1, -0.05) is 20.8 Å². The van der Waals surface area contributed by atoms with Crippen molar-refractivity contribution < 1.29 is 9.21 Å². The standard InChI is InChI=1S/C13H21N3O2.2ClH/c1-4-9-11(15-8-18-9)12(17)16-6-5-10(14)13(2,3)7-16;;/h8,10H,4-7,14H2,1-3H3;2*1H. The maximum absolute atomic E-state index is 12.4. The Morgan fingerprint density at radius 3 is 2.75 bits per heavy atom. The number of aryl methyl sites for hydroxylation is 1. The van der Waals surface area contributed by atoms with Crippen molar-refractivity contribution in [2.75, 3.05) is 13.1 Å². The first-order valence-electron chi connectivity index (χ1n) is 6.43. The minimum absolute atomic E-state index is 0. The minimum atomic E-state index is -0.0516. The second-order valence-electron chi connectivity index (χ2n) is 5.59. The third kappa shape index (κ3) is 3.65. The van der Waals surface area contributed by atoms with E-state index in [0.717, 1.165) is 6.42 Å². The quantitative estimate of drug-likeness (QED) is 0.906. The predicted molar refractivity (Wildman–Crippen MR) is 82.7 cm³/mol. The Hall–Kier alpha value is -0.780. The molecule has 1 saturated heterocycles. The zero-order valence-electron chi connectivity index (χ0n) is 12.1. The molecule has 0 aromatic carbocycles. The molecule has 2 rings (SSSR count). The maximum atomic E-state index is 12.4. The van der Waals surface area contributed by atoms with Crippen LogP contribution in [0.5, 0.6) is 0 Å². The first-order chi connectivity index (χ1) is 8.45. The number of aromatic nitrogens is 1. The van der Waals surface area contributed by atoms with Gasteiger partial charge in [-0.05, 0) is 11.8 Å². The summed E-state index contributed by atoms with van der Waals surface area (Å²) in [6.07, 6.45) is 2.85. The SMILES string of the molecule is CCc1ocnc1C(=O)N1CCC(N)C(C)(C)C1.Cl.Cl. The first-order valence-corrected chi connectivity index (χ1v) is 6.43. The van der Waals surface area contributed by atoms with Gasteiger partial charge >= 0.3 is 0 Å². The molecule has 1 unspecified atom stereocenters. The molecule has 116 valence electrons. The van der Waals surface area contributed by atoms with Gasteiger partial charge in [0.15, 0.2) is 12.1 Å². The Morgan fingerprint density at radius 2 is 2.20 bits per heavy atom. The molecule has 0 aliphatic carbocycles. The van der Waals surface area contributed by atoms with Gasteiger partial charge in [0.1, 0.15) is 5.76 Å². The molecule has 1 fully saturated rings. The van der Waals surface area contributed by atoms with Crippen LogP contribution < -0.4 is 5.73 Å². The van der Waals surface area contributed by atoms with E-state index in [1.54, 1.807) is 0 Å². The number of amides is 1. The van der Waals surface area contributed by atoms with Gasteiger partial charge < -0.3 is 15.1 Å². The van der Waals surface area contributed by atoms with E-state index in [-0.39, 0.29) is 42.2 Å². The number of carbonyl (C=O) groups is 1. The summed E-state index contributed by atoms with van der Waals surface area (Å²) >= 11 is 0. The summed E-state index contributed by atoms with van der Waals surface area (Å²) in [6.45, 7) is 7.51. The number of likely N-dealkylation sites (tertiary alicyclic amines) is 1. The van der Waals surface area contributed by atoms with Gasteiger partial charge in [0, 0.05) is 25.6 Å². The maximum Gasteiger partial charge on any atom is 0.276 e. The summed E-state index contributed by atoms with van der Waals surface area (Å²) < 4.78 is 5.22. The van der Waals surface area contributed by atoms with Crippen LogP contribution in [-0.2, 0) is 6.42 Å². The fraction of sp³-hybridized carbons (Fsp3) is 0.692. The molecule has 1 aliphatic heterocycles. The second-order valence-corrected chi connectivity index (χ2v) is 5.59. The molecule has 5 nitrogen and oxygen atoms in total. The molecule has 7 heteroatoms. The van der Waals surface area contributed by atoms with E-state index in [9.17, 15) is 4.79 Å². The fourth-order valence-corrected chi connectivity index (χ4v) is 2.39. The molecular weight excluding hydrogens is 301 g/mol. The van der Waals surface area contributed by atoms with Crippen LogP contribution in [0, 0.1) is 5.41 Å². The fourth-order valence-electron chi connectivity index (χ4n) is 2.39. The highest BCUT2D eigenvalue weighted by Gasteiger charge is 2.36. The number of hydrogen-bond acceptors (Lipinski definition) is 4. The Bertz CT molecular complexity index is 449. The summed E-state index contributed by atoms with van der Waals surface area (Å²) in [6, 6.07) is 0.143. The number of rotatable bonds is 2. The summed E-state index contributed by atoms with van der Waals surface area (Å²) in [5.41, 5.74) is 6.47. The van der Waals surface area contributed by atoms with E-state index in [1.165, 1.54) is 6.39 Å². The largest absolute Gasteiger partial charge is 0.448 e. The number of carbonyl (C=O) groups excluding carboxylic acids is 1. The Kier molecular flexibility index (Phi) is 7.01. The molecule has 0 radical (unpaired) electrons. The van der Waals surface area contributed by atoms with Gasteiger partial charge in [-0.3, -0.25) is 4.79 Å². The van der Waals surface area contributed by atoms with Crippen LogP contribution in [0.1, 0.15) is 43.4 Å². The van der Waals surface area contributed by atoms with Gasteiger partial charge in [0.2, 0.25) is 0 Å². The zero-order chi connectivity index (χ0) is 13.3. The number of nitrogens with zero attached hydrogens (tertiary/aromatic N) is 2. The van der Waals surface area contributed by atoms with E-state index in [1.807, 2.05) is 11.8 Å². The topological polar surface area (TPSA) is 72.4 Å². The van der Waals surface area contributed by atoms with Crippen LogP contribution in [0.25, 0.3) is 0 Å². The first kappa shape index (κ1) is 19.2. The lowest BCUT2D eigenvalue weighted by molar-refractivity contribution is 0.0526. The molecule has 20 heavy (non-hydrogen) atoms. The van der Waals surface area contributed by atoms with E-state index in [2.05, 4.69) is 18.8 Å². The number of nitrogens with two attached hydrogens (primary N) is 1. The zero-order valence-corrected chi connectivity index (χ0v) is 13.7. The molecule has 1 amide bonds. The molecule has 0 spiro atoms. The van der Waals surface area contributed by atoms with Gasteiger partial charge in [0.25, 0.3) is 5.91 Å². The van der Waals surface area contributed by atoms with Crippen LogP contribution >= 0.6 is 24.8 Å². The molecule has 2 heterocycles. The van der Waals surface area contributed by atoms with Crippen molar-refractivity contribution in [1.82, 2.24) is 9.88 Å². The normalized spacial score (nSPS) is 20.8. The van der Waals surface area contributed by atoms with Crippen LogP contribution in [0.3, 0.4) is 0 Å². The van der Waals surface area contributed by atoms with Crippen LogP contribution in [0.4, 0.5) is 0 Å². The highest BCUT2D eigenvalue weighted by Crippen LogP contribution is 2.28. The van der Waals surface area contributed by atoms with Crippen molar-refractivity contribution in [3.63, 3.8) is 0 Å². The van der Waals surface area contributed by atoms with Gasteiger partial charge in [-0.15, -0.1) is 24.8 Å². The van der Waals surface area contributed by atoms with Crippen molar-refractivity contribution in [3.05, 3.63) is 17.8 Å². The smallest absolute Gasteiger partial charge is 0.276 e. The van der Waals surface area contributed by atoms with E-state index < -0.39 is 0 Å². The average Bonchev–Trinajstić information content (AvgIpc) is 2.79. The van der Waals surface area contributed by atoms with Crippen molar-refractivity contribution in [1.29, 1.82) is 0 Å². The van der Waals surface area contributed by atoms with E-state index in [0.29, 0.717) is 31.0 Å². The number of hydrogen-bond donors (Lipinski definition) is 1. The monoisotopic (exact) mass is 323 g/mol. The molecule has 1 aromatic rings. The highest BCUT2D eigenvalue weighted by atomic mass is 35.5. The molecule has 0 bridgehead atoms. The highest BCUT2D eigenvalue weighted by molar-refractivity contribution is 5.93. The predicted octanol–water partition coefficient (Wildman–Crippen LogP) is 2.28. The Balaban J connectivity index is 0.00000180. The lowest BCUT2D eigenvalue weighted by atomic mass is 9.79. The average molecular weight is 324 g/mol. The van der Waals surface area contributed by atoms with Crippen molar-refractivity contribution in [3.8, 4) is 0 Å². The van der Waals surface area contributed by atoms with Gasteiger partial charge in [0.05, 0.1) is 0 Å². The number of oxazole rings is 1. The van der Waals surface area contributed by atoms with Crippen LogP contribution in [-0.4, -0.2) is 34.9 Å². The molecule has 1 aromatic heterocycles. The second kappa shape index (κ2) is 7.29. The van der Waals surface area contributed by atoms with Gasteiger partial charge in [-0.25, -0.2) is 4.98 Å². The summed E-state index contributed by atoms with van der Waals surface area (Å²) in [5, 5.41) is 0. The number of piperidine rings is 1. The summed E-state index contributed by atoms with van der Waals surface area (Å²) in [4.78, 5) is 18.3. The lowest BCUT2D eigenvalue weighted by Gasteiger charge is -2.42. The van der Waals surface area contributed by atoms with E-state index >= 15 is 0 Å². The molecule has 1 atom stereocenters. The molecular formula is C13H23Cl2N3O2. The van der Waals surface area contributed by atoms with Crippen molar-refractivity contribution in [2.24, 2.45) is 11.1 Å². The molecule has 2 N–H and O–H groups in total. The molecule has 0 saturated carbocycles. The van der Waals surface area contributed by atoms with Gasteiger partial charge in [-0.2, -0.15) is 0 Å². The Labute approximate surface area is 132 Å². The van der Waals surface area contributed by atoms with Crippen molar-refractivity contribution >= 4 is 30.7 Å². The van der Waals surface area contributed by atoms with E-state index in [4.69, 9.17) is 10.2 Å². The minimum Gasteiger partial charge on any atom is -0.448 e. The van der Waals surface area contributed by atoms with Crippen LogP contribution in [0.15, 0.2) is 10.8 Å². The number of halogens is 2. The summed E-state index contributed by atoms with van der Waals surface area (Å²) in [5.74, 6) is 0.619. The van der Waals surface area contributed by atoms with Crippen LogP contribution in [0.2, 0.25) is 0 Å². The van der Waals surface area contributed by atoms with Crippen molar-refractivity contribution in [2.45, 2.75) is 39.7 Å². The summed E-state index contributed by atoms with van der Waals surface area (Å²) in [7, 11) is 0. The third-order valence-corrected chi connectivity index (χ3v) is 3.76. The Morgan fingerprint density at radius 1 is 1.55 bits per heavy atom. The lowest BCUT2D eigenvalue weighted by Crippen LogP contribution is -2.54. The molecule has 1 aliphatic rings.